The molecular weight excluding hydrogens is 296 g/mol. The third-order valence-corrected chi connectivity index (χ3v) is 6.66. The first-order valence-electron chi connectivity index (χ1n) is 6.62. The van der Waals surface area contributed by atoms with Crippen molar-refractivity contribution in [2.45, 2.75) is 38.3 Å². The minimum absolute atomic E-state index is 0.184. The summed E-state index contributed by atoms with van der Waals surface area (Å²) in [5.41, 5.74) is 0.809. The summed E-state index contributed by atoms with van der Waals surface area (Å²) in [6, 6.07) is -0.184. The molecule has 0 amide bonds. The first-order valence-corrected chi connectivity index (χ1v) is 8.94. The first-order chi connectivity index (χ1) is 9.39. The van der Waals surface area contributed by atoms with Crippen LogP contribution in [0.25, 0.3) is 0 Å². The molecule has 7 heteroatoms. The lowest BCUT2D eigenvalue weighted by molar-refractivity contribution is 0.142. The molecule has 0 saturated heterocycles. The minimum atomic E-state index is -3.49. The van der Waals surface area contributed by atoms with Crippen molar-refractivity contribution in [1.29, 1.82) is 0 Å². The molecule has 1 aromatic rings. The van der Waals surface area contributed by atoms with E-state index in [2.05, 4.69) is 5.32 Å². The quantitative estimate of drug-likeness (QED) is 0.794. The number of nitrogens with zero attached hydrogens (tertiary/aromatic N) is 1. The van der Waals surface area contributed by atoms with Crippen LogP contribution in [0.3, 0.4) is 0 Å². The zero-order valence-electron chi connectivity index (χ0n) is 12.8. The van der Waals surface area contributed by atoms with Crippen LogP contribution in [0.2, 0.25) is 0 Å². The smallest absolute Gasteiger partial charge is 0.244 e. The third-order valence-electron chi connectivity index (χ3n) is 3.10. The van der Waals surface area contributed by atoms with Crippen LogP contribution in [-0.2, 0) is 21.3 Å². The van der Waals surface area contributed by atoms with Gasteiger partial charge in [0.15, 0.2) is 0 Å². The fourth-order valence-corrected chi connectivity index (χ4v) is 5.68. The molecule has 20 heavy (non-hydrogen) atoms. The van der Waals surface area contributed by atoms with E-state index in [-0.39, 0.29) is 6.04 Å². The Bertz CT molecular complexity index is 526. The van der Waals surface area contributed by atoms with Crippen molar-refractivity contribution in [1.82, 2.24) is 9.62 Å². The van der Waals surface area contributed by atoms with Gasteiger partial charge in [0.05, 0.1) is 6.61 Å². The molecule has 1 aromatic heterocycles. The van der Waals surface area contributed by atoms with Crippen molar-refractivity contribution in [3.05, 3.63) is 15.8 Å². The number of ether oxygens (including phenoxy) is 1. The number of thiophene rings is 1. The number of hydrogen-bond acceptors (Lipinski definition) is 5. The van der Waals surface area contributed by atoms with Gasteiger partial charge in [-0.3, -0.25) is 0 Å². The lowest BCUT2D eigenvalue weighted by Gasteiger charge is -2.27. The van der Waals surface area contributed by atoms with Gasteiger partial charge in [0.2, 0.25) is 10.0 Å². The third kappa shape index (κ3) is 3.59. The van der Waals surface area contributed by atoms with Crippen molar-refractivity contribution in [3.63, 3.8) is 0 Å². The van der Waals surface area contributed by atoms with Crippen LogP contribution in [-0.4, -0.2) is 46.1 Å². The molecule has 1 rings (SSSR count). The van der Waals surface area contributed by atoms with E-state index in [1.165, 1.54) is 15.6 Å². The molecule has 1 atom stereocenters. The number of sulfonamides is 1. The van der Waals surface area contributed by atoms with E-state index in [0.717, 1.165) is 10.4 Å². The van der Waals surface area contributed by atoms with E-state index >= 15 is 0 Å². The van der Waals surface area contributed by atoms with E-state index in [0.29, 0.717) is 24.6 Å². The van der Waals surface area contributed by atoms with E-state index in [4.69, 9.17) is 4.74 Å². The molecule has 1 heterocycles. The SMILES string of the molecule is CCN(C(C)COC)S(=O)(=O)c1c(C)csc1CNC. The molecule has 0 spiro atoms. The maximum absolute atomic E-state index is 12.9. The summed E-state index contributed by atoms with van der Waals surface area (Å²) < 4.78 is 32.4. The zero-order chi connectivity index (χ0) is 15.3. The Morgan fingerprint density at radius 2 is 2.15 bits per heavy atom. The second kappa shape index (κ2) is 7.51. The standard InChI is InChI=1S/C13H24N2O3S2/c1-6-15(11(3)8-18-5)20(16,17)13-10(2)9-19-12(13)7-14-4/h9,11,14H,6-8H2,1-5H3. The van der Waals surface area contributed by atoms with Crippen LogP contribution in [0, 0.1) is 6.92 Å². The predicted octanol–water partition coefficient (Wildman–Crippen LogP) is 1.82. The number of hydrogen-bond donors (Lipinski definition) is 1. The van der Waals surface area contributed by atoms with Crippen LogP contribution < -0.4 is 5.32 Å². The Labute approximate surface area is 126 Å². The number of nitrogens with one attached hydrogen (secondary N) is 1. The molecule has 0 bridgehead atoms. The van der Waals surface area contributed by atoms with Gasteiger partial charge in [-0.05, 0) is 31.8 Å². The topological polar surface area (TPSA) is 58.6 Å². The average Bonchev–Trinajstić information content (AvgIpc) is 2.72. The molecule has 1 N–H and O–H groups in total. The van der Waals surface area contributed by atoms with Gasteiger partial charge < -0.3 is 10.1 Å². The van der Waals surface area contributed by atoms with Gasteiger partial charge in [-0.1, -0.05) is 6.92 Å². The Balaban J connectivity index is 3.23. The number of rotatable bonds is 8. The summed E-state index contributed by atoms with van der Waals surface area (Å²) in [5.74, 6) is 0. The van der Waals surface area contributed by atoms with E-state index in [9.17, 15) is 8.42 Å². The van der Waals surface area contributed by atoms with Gasteiger partial charge in [-0.15, -0.1) is 11.3 Å². The van der Waals surface area contributed by atoms with Crippen LogP contribution in [0.15, 0.2) is 10.3 Å². The zero-order valence-corrected chi connectivity index (χ0v) is 14.4. The lowest BCUT2D eigenvalue weighted by Crippen LogP contribution is -2.41. The highest BCUT2D eigenvalue weighted by Crippen LogP contribution is 2.30. The highest BCUT2D eigenvalue weighted by Gasteiger charge is 2.31. The van der Waals surface area contributed by atoms with E-state index < -0.39 is 10.0 Å². The Hall–Kier alpha value is -0.470. The molecule has 0 radical (unpaired) electrons. The summed E-state index contributed by atoms with van der Waals surface area (Å²) in [6.45, 7) is 6.94. The monoisotopic (exact) mass is 320 g/mol. The average molecular weight is 320 g/mol. The molecule has 0 aliphatic rings. The van der Waals surface area contributed by atoms with E-state index in [1.807, 2.05) is 33.2 Å². The summed E-state index contributed by atoms with van der Waals surface area (Å²) in [4.78, 5) is 1.30. The Morgan fingerprint density at radius 1 is 1.50 bits per heavy atom. The van der Waals surface area contributed by atoms with Gasteiger partial charge in [0, 0.05) is 31.1 Å². The number of methoxy groups -OCH3 is 1. The fraction of sp³-hybridized carbons (Fsp3) is 0.692. The van der Waals surface area contributed by atoms with Gasteiger partial charge in [-0.25, -0.2) is 8.42 Å². The van der Waals surface area contributed by atoms with Crippen molar-refractivity contribution < 1.29 is 13.2 Å². The Kier molecular flexibility index (Phi) is 6.60. The van der Waals surface area contributed by atoms with Gasteiger partial charge in [-0.2, -0.15) is 4.31 Å². The van der Waals surface area contributed by atoms with Crippen molar-refractivity contribution in [3.8, 4) is 0 Å². The van der Waals surface area contributed by atoms with Crippen molar-refractivity contribution in [2.75, 3.05) is 27.3 Å². The number of likely N-dealkylation sites (N-methyl/N-ethyl adjacent to an activating group) is 1. The highest BCUT2D eigenvalue weighted by atomic mass is 32.2. The minimum Gasteiger partial charge on any atom is -0.383 e. The maximum atomic E-state index is 12.9. The molecule has 0 aliphatic carbocycles. The van der Waals surface area contributed by atoms with Gasteiger partial charge in [0.1, 0.15) is 4.90 Å². The number of aryl methyl sites for hydroxylation is 1. The predicted molar refractivity (Wildman–Crippen MR) is 82.7 cm³/mol. The molecule has 0 aromatic carbocycles. The summed E-state index contributed by atoms with van der Waals surface area (Å²) in [7, 11) is -0.0904. The van der Waals surface area contributed by atoms with Crippen LogP contribution in [0.5, 0.6) is 0 Å². The van der Waals surface area contributed by atoms with Crippen LogP contribution in [0.4, 0.5) is 0 Å². The molecule has 0 fully saturated rings. The maximum Gasteiger partial charge on any atom is 0.244 e. The summed E-state index contributed by atoms with van der Waals surface area (Å²) in [6.07, 6.45) is 0. The second-order valence-corrected chi connectivity index (χ2v) is 7.51. The second-order valence-electron chi connectivity index (χ2n) is 4.71. The van der Waals surface area contributed by atoms with Crippen LogP contribution in [0.1, 0.15) is 24.3 Å². The molecular formula is C13H24N2O3S2. The Morgan fingerprint density at radius 3 is 2.65 bits per heavy atom. The van der Waals surface area contributed by atoms with Gasteiger partial charge >= 0.3 is 0 Å². The van der Waals surface area contributed by atoms with Crippen molar-refractivity contribution in [2.24, 2.45) is 0 Å². The molecule has 5 nitrogen and oxygen atoms in total. The van der Waals surface area contributed by atoms with Crippen LogP contribution >= 0.6 is 11.3 Å². The fourth-order valence-electron chi connectivity index (χ4n) is 2.28. The molecule has 0 saturated carbocycles. The largest absolute Gasteiger partial charge is 0.383 e. The molecule has 1 unspecified atom stereocenters. The molecule has 0 aliphatic heterocycles. The highest BCUT2D eigenvalue weighted by molar-refractivity contribution is 7.89. The summed E-state index contributed by atoms with van der Waals surface area (Å²) in [5, 5.41) is 4.92. The summed E-state index contributed by atoms with van der Waals surface area (Å²) >= 11 is 1.48. The molecule has 116 valence electrons. The van der Waals surface area contributed by atoms with E-state index in [1.54, 1.807) is 7.11 Å². The first kappa shape index (κ1) is 17.6. The normalized spacial score (nSPS) is 13.9. The lowest BCUT2D eigenvalue weighted by atomic mass is 10.3. The van der Waals surface area contributed by atoms with Crippen molar-refractivity contribution >= 4 is 21.4 Å². The van der Waals surface area contributed by atoms with Gasteiger partial charge in [0.25, 0.3) is 0 Å².